The highest BCUT2D eigenvalue weighted by atomic mass is 16.5. The lowest BCUT2D eigenvalue weighted by molar-refractivity contribution is 0.135. The fourth-order valence-electron chi connectivity index (χ4n) is 1.92. The molecular formula is C19H22O2. The normalized spacial score (nSPS) is 11.6. The molecule has 2 aromatic carbocycles. The van der Waals surface area contributed by atoms with Gasteiger partial charge >= 0.3 is 0 Å². The largest absolute Gasteiger partial charge is 0.373 e. The Balaban J connectivity index is 1.61. The average molecular weight is 282 g/mol. The van der Waals surface area contributed by atoms with Crippen LogP contribution in [0.5, 0.6) is 0 Å². The molecular weight excluding hydrogens is 260 g/mol. The van der Waals surface area contributed by atoms with Gasteiger partial charge in [0, 0.05) is 0 Å². The molecule has 0 aromatic heterocycles. The number of hydrogen-bond acceptors (Lipinski definition) is 2. The van der Waals surface area contributed by atoms with Crippen LogP contribution in [0.25, 0.3) is 0 Å². The molecule has 0 atom stereocenters. The summed E-state index contributed by atoms with van der Waals surface area (Å²) in [5.74, 6) is 0. The van der Waals surface area contributed by atoms with Gasteiger partial charge in [-0.3, -0.25) is 0 Å². The lowest BCUT2D eigenvalue weighted by atomic mass is 10.2. The Morgan fingerprint density at radius 2 is 1.33 bits per heavy atom. The Bertz CT molecular complexity index is 532. The van der Waals surface area contributed by atoms with Crippen molar-refractivity contribution in [2.45, 2.75) is 20.1 Å². The van der Waals surface area contributed by atoms with E-state index in [0.717, 1.165) is 0 Å². The molecule has 0 N–H and O–H groups in total. The van der Waals surface area contributed by atoms with Gasteiger partial charge in [-0.2, -0.15) is 0 Å². The molecule has 2 rings (SSSR count). The van der Waals surface area contributed by atoms with Crippen LogP contribution in [0.4, 0.5) is 0 Å². The average Bonchev–Trinajstić information content (AvgIpc) is 2.54. The van der Waals surface area contributed by atoms with Gasteiger partial charge in [-0.25, -0.2) is 0 Å². The van der Waals surface area contributed by atoms with Crippen molar-refractivity contribution in [3.05, 3.63) is 83.4 Å². The molecule has 0 saturated carbocycles. The lowest BCUT2D eigenvalue weighted by Crippen LogP contribution is -1.99. The Morgan fingerprint density at radius 3 is 1.90 bits per heavy atom. The molecule has 0 bridgehead atoms. The molecule has 0 saturated heterocycles. The molecule has 0 unspecified atom stereocenters. The number of rotatable bonds is 8. The zero-order chi connectivity index (χ0) is 14.8. The molecule has 21 heavy (non-hydrogen) atoms. The lowest BCUT2D eigenvalue weighted by Gasteiger charge is -2.05. The Labute approximate surface area is 127 Å². The van der Waals surface area contributed by atoms with E-state index in [1.54, 1.807) is 0 Å². The van der Waals surface area contributed by atoms with Crippen LogP contribution in [-0.2, 0) is 22.7 Å². The van der Waals surface area contributed by atoms with E-state index < -0.39 is 0 Å². The molecule has 0 fully saturated rings. The van der Waals surface area contributed by atoms with Crippen molar-refractivity contribution < 1.29 is 9.47 Å². The predicted octanol–water partition coefficient (Wildman–Crippen LogP) is 4.37. The maximum absolute atomic E-state index is 5.67. The summed E-state index contributed by atoms with van der Waals surface area (Å²) < 4.78 is 11.3. The fourth-order valence-corrected chi connectivity index (χ4v) is 1.92. The van der Waals surface area contributed by atoms with Crippen LogP contribution in [0.15, 0.2) is 72.3 Å². The summed E-state index contributed by atoms with van der Waals surface area (Å²) in [5, 5.41) is 0. The second kappa shape index (κ2) is 9.11. The second-order valence-corrected chi connectivity index (χ2v) is 5.03. The minimum atomic E-state index is 0.620. The number of hydrogen-bond donors (Lipinski definition) is 0. The maximum atomic E-state index is 5.67. The summed E-state index contributed by atoms with van der Waals surface area (Å²) in [6.45, 7) is 4.63. The molecule has 0 aliphatic rings. The molecule has 0 heterocycles. The van der Waals surface area contributed by atoms with Gasteiger partial charge in [0.2, 0.25) is 0 Å². The van der Waals surface area contributed by atoms with Crippen molar-refractivity contribution in [1.82, 2.24) is 0 Å². The van der Waals surface area contributed by atoms with Crippen molar-refractivity contribution in [2.24, 2.45) is 0 Å². The summed E-state index contributed by atoms with van der Waals surface area (Å²) in [6, 6.07) is 20.4. The molecule has 2 nitrogen and oxygen atoms in total. The highest BCUT2D eigenvalue weighted by molar-refractivity contribution is 5.14. The number of benzene rings is 2. The number of ether oxygens (including phenoxy) is 2. The zero-order valence-electron chi connectivity index (χ0n) is 12.5. The molecule has 0 amide bonds. The summed E-state index contributed by atoms with van der Waals surface area (Å²) in [4.78, 5) is 0. The first-order chi connectivity index (χ1) is 10.3. The van der Waals surface area contributed by atoms with E-state index in [4.69, 9.17) is 9.47 Å². The van der Waals surface area contributed by atoms with Crippen LogP contribution < -0.4 is 0 Å². The van der Waals surface area contributed by atoms with Gasteiger partial charge in [-0.05, 0) is 23.6 Å². The zero-order valence-corrected chi connectivity index (χ0v) is 12.5. The van der Waals surface area contributed by atoms with Crippen molar-refractivity contribution in [2.75, 3.05) is 13.2 Å². The van der Waals surface area contributed by atoms with Gasteiger partial charge in [-0.15, -0.1) is 0 Å². The molecule has 0 aliphatic carbocycles. The molecule has 2 heteroatoms. The van der Waals surface area contributed by atoms with Gasteiger partial charge in [0.15, 0.2) is 0 Å². The van der Waals surface area contributed by atoms with E-state index in [1.807, 2.05) is 36.4 Å². The SMILES string of the molecule is C/C(=C/COCc1ccccc1)COCc1ccccc1. The summed E-state index contributed by atoms with van der Waals surface area (Å²) in [6.07, 6.45) is 2.08. The van der Waals surface area contributed by atoms with E-state index >= 15 is 0 Å². The summed E-state index contributed by atoms with van der Waals surface area (Å²) in [5.41, 5.74) is 3.59. The van der Waals surface area contributed by atoms with Gasteiger partial charge in [-0.1, -0.05) is 66.7 Å². The van der Waals surface area contributed by atoms with Crippen LogP contribution in [-0.4, -0.2) is 13.2 Å². The highest BCUT2D eigenvalue weighted by Gasteiger charge is 1.94. The van der Waals surface area contributed by atoms with Crippen LogP contribution in [0.1, 0.15) is 18.1 Å². The first kappa shape index (κ1) is 15.5. The Morgan fingerprint density at radius 1 is 0.810 bits per heavy atom. The highest BCUT2D eigenvalue weighted by Crippen LogP contribution is 2.04. The van der Waals surface area contributed by atoms with E-state index in [2.05, 4.69) is 37.3 Å². The van der Waals surface area contributed by atoms with Crippen molar-refractivity contribution in [3.8, 4) is 0 Å². The third-order valence-electron chi connectivity index (χ3n) is 3.10. The molecule has 0 radical (unpaired) electrons. The van der Waals surface area contributed by atoms with E-state index in [9.17, 15) is 0 Å². The quantitative estimate of drug-likeness (QED) is 0.529. The third kappa shape index (κ3) is 6.39. The predicted molar refractivity (Wildman–Crippen MR) is 86.0 cm³/mol. The molecule has 110 valence electrons. The standard InChI is InChI=1S/C19H22O2/c1-17(14-21-16-19-10-6-3-7-11-19)12-13-20-15-18-8-4-2-5-9-18/h2-12H,13-16H2,1H3/b17-12-. The van der Waals surface area contributed by atoms with Gasteiger partial charge in [0.05, 0.1) is 26.4 Å². The molecule has 0 spiro atoms. The minimum Gasteiger partial charge on any atom is -0.373 e. The van der Waals surface area contributed by atoms with E-state index in [-0.39, 0.29) is 0 Å². The fraction of sp³-hybridized carbons (Fsp3) is 0.263. The van der Waals surface area contributed by atoms with Gasteiger partial charge in [0.25, 0.3) is 0 Å². The van der Waals surface area contributed by atoms with Crippen molar-refractivity contribution >= 4 is 0 Å². The molecule has 2 aromatic rings. The van der Waals surface area contributed by atoms with E-state index in [0.29, 0.717) is 26.4 Å². The summed E-state index contributed by atoms with van der Waals surface area (Å²) >= 11 is 0. The van der Waals surface area contributed by atoms with Gasteiger partial charge < -0.3 is 9.47 Å². The smallest absolute Gasteiger partial charge is 0.0721 e. The minimum absolute atomic E-state index is 0.620. The van der Waals surface area contributed by atoms with Crippen LogP contribution in [0.3, 0.4) is 0 Å². The first-order valence-corrected chi connectivity index (χ1v) is 7.23. The molecule has 0 aliphatic heterocycles. The monoisotopic (exact) mass is 282 g/mol. The van der Waals surface area contributed by atoms with E-state index in [1.165, 1.54) is 16.7 Å². The van der Waals surface area contributed by atoms with Crippen molar-refractivity contribution in [1.29, 1.82) is 0 Å². The van der Waals surface area contributed by atoms with Gasteiger partial charge in [0.1, 0.15) is 0 Å². The third-order valence-corrected chi connectivity index (χ3v) is 3.10. The topological polar surface area (TPSA) is 18.5 Å². The van der Waals surface area contributed by atoms with Crippen molar-refractivity contribution in [3.63, 3.8) is 0 Å². The Kier molecular flexibility index (Phi) is 6.72. The summed E-state index contributed by atoms with van der Waals surface area (Å²) in [7, 11) is 0. The second-order valence-electron chi connectivity index (χ2n) is 5.03. The first-order valence-electron chi connectivity index (χ1n) is 7.23. The maximum Gasteiger partial charge on any atom is 0.0721 e. The Hall–Kier alpha value is -1.90. The van der Waals surface area contributed by atoms with Crippen LogP contribution in [0, 0.1) is 0 Å². The van der Waals surface area contributed by atoms with Crippen LogP contribution >= 0.6 is 0 Å². The van der Waals surface area contributed by atoms with Crippen LogP contribution in [0.2, 0.25) is 0 Å².